The number of carbonyl (C=O) groups is 3. The van der Waals surface area contributed by atoms with E-state index in [4.69, 9.17) is 56.9 Å². The quantitative estimate of drug-likeness (QED) is 0.0148. The molecule has 0 bridgehead atoms. The molecule has 0 radical (unpaired) electrons. The van der Waals surface area contributed by atoms with Gasteiger partial charge in [-0.1, -0.05) is 12.1 Å². The second kappa shape index (κ2) is 25.4. The number of aromatic hydroxyl groups is 3. The van der Waals surface area contributed by atoms with E-state index < -0.39 is 196 Å². The Morgan fingerprint density at radius 1 is 0.600 bits per heavy atom. The first-order valence-electron chi connectivity index (χ1n) is 24.3. The smallest absolute Gasteiger partial charge is 0.402 e. The summed E-state index contributed by atoms with van der Waals surface area (Å²) in [5.74, 6) is -6.69. The summed E-state index contributed by atoms with van der Waals surface area (Å²) in [6.07, 6.45) is -33.0. The van der Waals surface area contributed by atoms with Gasteiger partial charge in [0.2, 0.25) is 24.6 Å². The predicted molar refractivity (Wildman–Crippen MR) is 256 cm³/mol. The molecule has 4 saturated heterocycles. The average molecular weight is 1140 g/mol. The van der Waals surface area contributed by atoms with Gasteiger partial charge in [-0.3, -0.25) is 9.59 Å². The summed E-state index contributed by atoms with van der Waals surface area (Å²) in [5, 5.41) is 167. The second-order valence-electron chi connectivity index (χ2n) is 18.7. The molecule has 80 heavy (non-hydrogen) atoms. The molecule has 16 N–H and O–H groups in total. The summed E-state index contributed by atoms with van der Waals surface area (Å²) in [7, 11) is 0. The van der Waals surface area contributed by atoms with Gasteiger partial charge in [0, 0.05) is 24.3 Å². The van der Waals surface area contributed by atoms with Gasteiger partial charge >= 0.3 is 29.3 Å². The van der Waals surface area contributed by atoms with Crippen LogP contribution in [0.2, 0.25) is 0 Å². The van der Waals surface area contributed by atoms with Crippen molar-refractivity contribution in [3.05, 3.63) is 72.3 Å². The highest BCUT2D eigenvalue weighted by atomic mass is 16.8. The van der Waals surface area contributed by atoms with Crippen LogP contribution in [0.25, 0.3) is 28.4 Å². The summed E-state index contributed by atoms with van der Waals surface area (Å²) in [6.45, 7) is -2.91. The van der Waals surface area contributed by atoms with E-state index in [1.165, 1.54) is 36.4 Å². The molecule has 8 rings (SSSR count). The molecule has 4 aromatic rings. The first-order chi connectivity index (χ1) is 38.0. The van der Waals surface area contributed by atoms with Crippen molar-refractivity contribution in [2.75, 3.05) is 26.4 Å². The molecule has 4 aliphatic heterocycles. The van der Waals surface area contributed by atoms with Crippen molar-refractivity contribution in [1.29, 1.82) is 0 Å². The zero-order valence-corrected chi connectivity index (χ0v) is 41.3. The van der Waals surface area contributed by atoms with Gasteiger partial charge < -0.3 is 129 Å². The summed E-state index contributed by atoms with van der Waals surface area (Å²) < 4.78 is 62.6. The van der Waals surface area contributed by atoms with E-state index in [-0.39, 0.29) is 28.0 Å². The zero-order valence-electron chi connectivity index (χ0n) is 41.3. The molecule has 30 heteroatoms. The van der Waals surface area contributed by atoms with E-state index in [0.717, 1.165) is 36.4 Å². The monoisotopic (exact) mass is 1140 g/mol. The van der Waals surface area contributed by atoms with Crippen LogP contribution in [0.1, 0.15) is 12.0 Å². The Hall–Kier alpha value is -6.66. The molecule has 0 saturated carbocycles. The number of hydrogen-bond donors (Lipinski definition) is 16. The lowest BCUT2D eigenvalue weighted by Gasteiger charge is -2.44. The number of rotatable bonds is 18. The van der Waals surface area contributed by atoms with E-state index in [9.17, 15) is 91.0 Å². The molecule has 1 aromatic heterocycles. The van der Waals surface area contributed by atoms with E-state index in [1.54, 1.807) is 0 Å². The fourth-order valence-electron chi connectivity index (χ4n) is 8.64. The van der Waals surface area contributed by atoms with Gasteiger partial charge in [-0.25, -0.2) is 9.21 Å². The Morgan fingerprint density at radius 3 is 1.86 bits per heavy atom. The Morgan fingerprint density at radius 2 is 1.20 bits per heavy atom. The largest absolute Gasteiger partial charge is 0.507 e. The number of benzene rings is 3. The molecule has 4 fully saturated rings. The minimum absolute atomic E-state index is 0.0586. The van der Waals surface area contributed by atoms with Crippen LogP contribution in [0.5, 0.6) is 34.5 Å². The molecule has 436 valence electrons. The fourth-order valence-corrected chi connectivity index (χ4v) is 8.64. The summed E-state index contributed by atoms with van der Waals surface area (Å²) in [5.41, 5.74) is 0.0826. The third-order valence-electron chi connectivity index (χ3n) is 13.1. The Labute approximate surface area is 449 Å². The van der Waals surface area contributed by atoms with Crippen molar-refractivity contribution in [3.8, 4) is 45.8 Å². The number of fused-ring (bicyclic) bond motifs is 1. The van der Waals surface area contributed by atoms with Crippen LogP contribution in [0.4, 0.5) is 0 Å². The van der Waals surface area contributed by atoms with Crippen molar-refractivity contribution >= 4 is 35.0 Å². The first kappa shape index (κ1) is 59.5. The highest BCUT2D eigenvalue weighted by Gasteiger charge is 2.52. The maximum Gasteiger partial charge on any atom is 0.402 e. The minimum atomic E-state index is -2.10. The van der Waals surface area contributed by atoms with Crippen LogP contribution in [0.15, 0.2) is 71.2 Å². The summed E-state index contributed by atoms with van der Waals surface area (Å²) in [6, 6.07) is 12.3. The van der Waals surface area contributed by atoms with Crippen LogP contribution < -0.4 is 14.2 Å². The number of carbonyl (C=O) groups excluding carboxylic acids is 2. The van der Waals surface area contributed by atoms with Crippen molar-refractivity contribution in [2.45, 2.75) is 123 Å². The highest BCUT2D eigenvalue weighted by Crippen LogP contribution is 2.44. The van der Waals surface area contributed by atoms with E-state index in [1.807, 2.05) is 0 Å². The first-order valence-corrected chi connectivity index (χ1v) is 24.3. The molecular formula is C50H57O30+. The third kappa shape index (κ3) is 13.4. The highest BCUT2D eigenvalue weighted by molar-refractivity contribution is 5.90. The topological polar surface area (TPSA) is 478 Å². The zero-order chi connectivity index (χ0) is 57.9. The Bertz CT molecular complexity index is 2830. The number of aliphatic hydroxyl groups is 12. The predicted octanol–water partition coefficient (Wildman–Crippen LogP) is -4.21. The Balaban J connectivity index is 1.07. The molecule has 5 heterocycles. The Kier molecular flexibility index (Phi) is 18.9. The van der Waals surface area contributed by atoms with Crippen molar-refractivity contribution < 1.29 is 148 Å². The van der Waals surface area contributed by atoms with Crippen LogP contribution in [0, 0.1) is 0 Å². The average Bonchev–Trinajstić information content (AvgIpc) is 3.44. The number of carboxylic acid groups (broad SMARTS) is 1. The van der Waals surface area contributed by atoms with E-state index >= 15 is 0 Å². The molecule has 0 aliphatic carbocycles. The van der Waals surface area contributed by atoms with Crippen molar-refractivity contribution in [2.24, 2.45) is 0 Å². The van der Waals surface area contributed by atoms with Gasteiger partial charge in [0.15, 0.2) is 23.9 Å². The van der Waals surface area contributed by atoms with Gasteiger partial charge in [0.25, 0.3) is 0 Å². The normalized spacial score (nSPS) is 33.7. The number of hydrogen-bond acceptors (Lipinski definition) is 28. The molecule has 7 unspecified atom stereocenters. The summed E-state index contributed by atoms with van der Waals surface area (Å²) in [4.78, 5) is 36.1. The second-order valence-corrected chi connectivity index (χ2v) is 18.7. The van der Waals surface area contributed by atoms with Crippen molar-refractivity contribution in [1.82, 2.24) is 0 Å². The third-order valence-corrected chi connectivity index (χ3v) is 13.1. The SMILES string of the molecule is O=C(O)CC(=O)OCC1O[C@@H](Oc2cc(O)cc3[o+]c(-c4ccc(O)c(O)c4)c(O[C@@H]4OC(COC(=O)/C=C/c5ccc(O[C@@H]6OC(CO)[C@@H](O)C(O)[C@@H]6O)cc5)[C@@H](O)C(O)[C@@H]4O[C@@H]4OC[C@@H](O)[C@@H](O)C4O)cc23)[C@@H](O)C(O)[C@@H]1O. The fraction of sp³-hybridized carbons (Fsp3) is 0.480. The molecule has 19 atom stereocenters. The van der Waals surface area contributed by atoms with Gasteiger partial charge in [0.1, 0.15) is 128 Å². The number of phenolic OH excluding ortho intramolecular Hbond substituents is 3. The minimum Gasteiger partial charge on any atom is -0.507 e. The number of phenols is 3. The van der Waals surface area contributed by atoms with Gasteiger partial charge in [0.05, 0.1) is 24.8 Å². The standard InChI is InChI=1S/C50H56O30/c51-14-29-36(61)39(64)43(68)48(77-29)73-21-5-1-18(2-6-21)3-8-33(58)70-16-31-38(63)41(66)46(80-47-42(67)35(60)25(55)15-72-47)50(79-31)76-28-12-22-26(74-45(28)19-4-7-23(53)24(54)9-19)10-20(52)11-27(22)75-49-44(69)40(65)37(62)30(78-49)17-71-34(59)13-32(56)57/h1-12,25,29-31,35-44,46-51,55,60-69H,13-17H2,(H3-,52,53,54,56,57)/p+1/b8-3+/t25-,29?,30?,31?,35-,36-,37-,38-,39?,40?,41?,42?,43+,44+,46+,47+,48-,49-,50-/m1/s1. The van der Waals surface area contributed by atoms with Gasteiger partial charge in [-0.15, -0.1) is 0 Å². The number of esters is 2. The number of aliphatic hydroxyl groups excluding tert-OH is 12. The molecular weight excluding hydrogens is 1080 g/mol. The molecule has 4 aliphatic rings. The van der Waals surface area contributed by atoms with Crippen LogP contribution in [-0.2, 0) is 47.5 Å². The van der Waals surface area contributed by atoms with Crippen LogP contribution >= 0.6 is 0 Å². The maximum atomic E-state index is 13.1. The molecule has 0 spiro atoms. The van der Waals surface area contributed by atoms with Gasteiger partial charge in [-0.05, 0) is 35.9 Å². The van der Waals surface area contributed by atoms with Crippen LogP contribution in [0.3, 0.4) is 0 Å². The number of carboxylic acids is 1. The van der Waals surface area contributed by atoms with Gasteiger partial charge in [-0.2, -0.15) is 0 Å². The molecule has 3 aromatic carbocycles. The summed E-state index contributed by atoms with van der Waals surface area (Å²) >= 11 is 0. The molecule has 30 nitrogen and oxygen atoms in total. The number of aliphatic carboxylic acids is 1. The molecule has 0 amide bonds. The van der Waals surface area contributed by atoms with E-state index in [2.05, 4.69) is 0 Å². The lowest BCUT2D eigenvalue weighted by atomic mass is 9.98. The number of ether oxygens (including phenoxy) is 10. The maximum absolute atomic E-state index is 13.1. The van der Waals surface area contributed by atoms with Crippen LogP contribution in [-0.4, -0.2) is 243 Å². The van der Waals surface area contributed by atoms with Crippen molar-refractivity contribution in [3.63, 3.8) is 0 Å². The van der Waals surface area contributed by atoms with E-state index in [0.29, 0.717) is 5.56 Å². The lowest BCUT2D eigenvalue weighted by molar-refractivity contribution is -0.345. The lowest BCUT2D eigenvalue weighted by Crippen LogP contribution is -2.64.